The van der Waals surface area contributed by atoms with Gasteiger partial charge in [0.25, 0.3) is 0 Å². The average molecular weight is 490 g/mol. The van der Waals surface area contributed by atoms with E-state index in [1.54, 1.807) is 41.6 Å². The lowest BCUT2D eigenvalue weighted by molar-refractivity contribution is 0.0166. The number of benzene rings is 1. The zero-order valence-electron chi connectivity index (χ0n) is 20.3. The highest BCUT2D eigenvalue weighted by atomic mass is 32.2. The Morgan fingerprint density at radius 2 is 1.97 bits per heavy atom. The first-order valence-electron chi connectivity index (χ1n) is 11.5. The molecule has 0 spiro atoms. The summed E-state index contributed by atoms with van der Waals surface area (Å²) in [4.78, 5) is 27.4. The largest absolute Gasteiger partial charge is 0.461 e. The van der Waals surface area contributed by atoms with Crippen LogP contribution in [0.25, 0.3) is 11.3 Å². The maximum absolute atomic E-state index is 13.2. The van der Waals surface area contributed by atoms with Gasteiger partial charge in [-0.3, -0.25) is 4.68 Å². The molecule has 1 aromatic carbocycles. The fraction of sp³-hybridized carbons (Fsp3) is 0.542. The molecule has 184 valence electrons. The summed E-state index contributed by atoms with van der Waals surface area (Å²) >= 11 is 0. The van der Waals surface area contributed by atoms with E-state index < -0.39 is 27.5 Å². The number of carbonyl (C=O) groups excluding carboxylic acids is 2. The van der Waals surface area contributed by atoms with Gasteiger partial charge < -0.3 is 14.4 Å². The van der Waals surface area contributed by atoms with Crippen LogP contribution in [0.2, 0.25) is 0 Å². The molecule has 1 aromatic heterocycles. The lowest BCUT2D eigenvalue weighted by Crippen LogP contribution is -2.43. The van der Waals surface area contributed by atoms with Crippen molar-refractivity contribution in [1.82, 2.24) is 14.7 Å². The minimum Gasteiger partial charge on any atom is -0.461 e. The van der Waals surface area contributed by atoms with Crippen LogP contribution in [0, 0.1) is 6.92 Å². The second-order valence-electron chi connectivity index (χ2n) is 9.77. The fourth-order valence-electron chi connectivity index (χ4n) is 4.68. The molecule has 1 saturated heterocycles. The van der Waals surface area contributed by atoms with Crippen molar-refractivity contribution in [3.8, 4) is 11.3 Å². The summed E-state index contributed by atoms with van der Waals surface area (Å²) in [5.41, 5.74) is 1.53. The van der Waals surface area contributed by atoms with E-state index in [0.717, 1.165) is 12.8 Å². The van der Waals surface area contributed by atoms with Crippen LogP contribution in [0.4, 0.5) is 4.79 Å². The molecule has 1 amide bonds. The SMILES string of the molecule is CCOC(=O)c1nn(C2CCCN(C(=O)OC(C)(C)C)C2)c2c1CS(=O)(=O)c1c(C)cccc1-2. The Morgan fingerprint density at radius 3 is 2.65 bits per heavy atom. The monoisotopic (exact) mass is 489 g/mol. The van der Waals surface area contributed by atoms with E-state index in [2.05, 4.69) is 5.10 Å². The molecule has 0 N–H and O–H groups in total. The van der Waals surface area contributed by atoms with Crippen molar-refractivity contribution in [1.29, 1.82) is 0 Å². The lowest BCUT2D eigenvalue weighted by atomic mass is 10.0. The lowest BCUT2D eigenvalue weighted by Gasteiger charge is -2.35. The summed E-state index contributed by atoms with van der Waals surface area (Å²) in [6, 6.07) is 5.07. The molecule has 0 radical (unpaired) electrons. The highest BCUT2D eigenvalue weighted by Gasteiger charge is 2.39. The molecular weight excluding hydrogens is 458 g/mol. The number of rotatable bonds is 3. The number of esters is 1. The normalized spacial score (nSPS) is 19.2. The molecule has 2 aliphatic heterocycles. The van der Waals surface area contributed by atoms with Crippen molar-refractivity contribution >= 4 is 21.9 Å². The number of likely N-dealkylation sites (tertiary alicyclic amines) is 1. The molecule has 2 aromatic rings. The molecule has 34 heavy (non-hydrogen) atoms. The van der Waals surface area contributed by atoms with E-state index in [0.29, 0.717) is 35.5 Å². The first-order chi connectivity index (χ1) is 15.9. The van der Waals surface area contributed by atoms with Crippen LogP contribution in [0.1, 0.15) is 68.2 Å². The third-order valence-electron chi connectivity index (χ3n) is 5.98. The van der Waals surface area contributed by atoms with Crippen LogP contribution in [-0.2, 0) is 25.1 Å². The zero-order chi connectivity index (χ0) is 24.8. The van der Waals surface area contributed by atoms with Crippen molar-refractivity contribution in [2.24, 2.45) is 0 Å². The highest BCUT2D eigenvalue weighted by Crippen LogP contribution is 2.43. The van der Waals surface area contributed by atoms with E-state index >= 15 is 0 Å². The van der Waals surface area contributed by atoms with Gasteiger partial charge in [-0.2, -0.15) is 5.10 Å². The molecule has 0 saturated carbocycles. The van der Waals surface area contributed by atoms with Gasteiger partial charge >= 0.3 is 12.1 Å². The van der Waals surface area contributed by atoms with Gasteiger partial charge in [-0.15, -0.1) is 0 Å². The Morgan fingerprint density at radius 1 is 1.24 bits per heavy atom. The van der Waals surface area contributed by atoms with Crippen LogP contribution in [0.3, 0.4) is 0 Å². The second-order valence-corrected chi connectivity index (χ2v) is 11.7. The predicted octanol–water partition coefficient (Wildman–Crippen LogP) is 3.89. The number of aromatic nitrogens is 2. The number of hydrogen-bond donors (Lipinski definition) is 0. The molecule has 0 aliphatic carbocycles. The van der Waals surface area contributed by atoms with Gasteiger partial charge in [0, 0.05) is 24.2 Å². The number of hydrogen-bond acceptors (Lipinski definition) is 7. The summed E-state index contributed by atoms with van der Waals surface area (Å²) < 4.78 is 38.9. The predicted molar refractivity (Wildman–Crippen MR) is 125 cm³/mol. The Bertz CT molecular complexity index is 1240. The summed E-state index contributed by atoms with van der Waals surface area (Å²) in [7, 11) is -3.66. The Labute approximate surface area is 199 Å². The quantitative estimate of drug-likeness (QED) is 0.602. The standard InChI is InChI=1S/C24H31N3O6S/c1-6-32-22(28)19-18-14-34(30,31)21-15(2)9-7-11-17(21)20(18)27(25-19)16-10-8-12-26(13-16)23(29)33-24(3,4)5/h7,9,11,16H,6,8,10,12-14H2,1-5H3. The number of aryl methyl sites for hydroxylation is 1. The van der Waals surface area contributed by atoms with E-state index in [-0.39, 0.29) is 29.0 Å². The maximum Gasteiger partial charge on any atom is 0.410 e. The van der Waals surface area contributed by atoms with E-state index in [4.69, 9.17) is 9.47 Å². The molecule has 1 atom stereocenters. The Hall–Kier alpha value is -2.88. The Kier molecular flexibility index (Phi) is 6.22. The summed E-state index contributed by atoms with van der Waals surface area (Å²) in [5.74, 6) is -0.972. The molecule has 4 rings (SSSR count). The number of fused-ring (bicyclic) bond motifs is 3. The van der Waals surface area contributed by atoms with Crippen molar-refractivity contribution < 1.29 is 27.5 Å². The van der Waals surface area contributed by atoms with Crippen molar-refractivity contribution in [2.75, 3.05) is 19.7 Å². The molecule has 1 unspecified atom stereocenters. The molecule has 3 heterocycles. The fourth-order valence-corrected chi connectivity index (χ4v) is 6.54. The van der Waals surface area contributed by atoms with Crippen molar-refractivity contribution in [3.63, 3.8) is 0 Å². The van der Waals surface area contributed by atoms with Crippen LogP contribution in [0.5, 0.6) is 0 Å². The zero-order valence-corrected chi connectivity index (χ0v) is 21.1. The van der Waals surface area contributed by atoms with Crippen LogP contribution >= 0.6 is 0 Å². The summed E-state index contributed by atoms with van der Waals surface area (Å²) in [5, 5.41) is 4.60. The molecule has 2 aliphatic rings. The second kappa shape index (κ2) is 8.72. The van der Waals surface area contributed by atoms with Gasteiger partial charge in [-0.25, -0.2) is 18.0 Å². The first kappa shape index (κ1) is 24.3. The van der Waals surface area contributed by atoms with Crippen LogP contribution in [0.15, 0.2) is 23.1 Å². The number of piperidine rings is 1. The van der Waals surface area contributed by atoms with Gasteiger partial charge in [0.15, 0.2) is 15.5 Å². The summed E-state index contributed by atoms with van der Waals surface area (Å²) in [6.45, 7) is 9.97. The minimum atomic E-state index is -3.66. The Balaban J connectivity index is 1.82. The van der Waals surface area contributed by atoms with E-state index in [9.17, 15) is 18.0 Å². The summed E-state index contributed by atoms with van der Waals surface area (Å²) in [6.07, 6.45) is 1.05. The van der Waals surface area contributed by atoms with Gasteiger partial charge in [-0.1, -0.05) is 18.2 Å². The number of carbonyl (C=O) groups is 2. The van der Waals surface area contributed by atoms with Crippen molar-refractivity contribution in [3.05, 3.63) is 35.0 Å². The van der Waals surface area contributed by atoms with E-state index in [1.807, 2.05) is 20.8 Å². The van der Waals surface area contributed by atoms with Gasteiger partial charge in [0.05, 0.1) is 29.0 Å². The van der Waals surface area contributed by atoms with Crippen molar-refractivity contribution in [2.45, 2.75) is 69.8 Å². The number of amides is 1. The maximum atomic E-state index is 13.2. The smallest absolute Gasteiger partial charge is 0.410 e. The third kappa shape index (κ3) is 4.43. The topological polar surface area (TPSA) is 108 Å². The molecular formula is C24H31N3O6S. The first-order valence-corrected chi connectivity index (χ1v) is 13.2. The number of sulfone groups is 1. The van der Waals surface area contributed by atoms with Gasteiger partial charge in [-0.05, 0) is 53.0 Å². The molecule has 10 heteroatoms. The van der Waals surface area contributed by atoms with Gasteiger partial charge in [0.1, 0.15) is 5.60 Å². The molecule has 0 bridgehead atoms. The number of nitrogens with zero attached hydrogens (tertiary/aromatic N) is 3. The van der Waals surface area contributed by atoms with Crippen LogP contribution < -0.4 is 0 Å². The minimum absolute atomic E-state index is 0.0157. The number of ether oxygens (including phenoxy) is 2. The van der Waals surface area contributed by atoms with Crippen LogP contribution in [-0.4, -0.2) is 60.5 Å². The highest BCUT2D eigenvalue weighted by molar-refractivity contribution is 7.91. The van der Waals surface area contributed by atoms with Gasteiger partial charge in [0.2, 0.25) is 0 Å². The molecule has 9 nitrogen and oxygen atoms in total. The third-order valence-corrected chi connectivity index (χ3v) is 7.82. The molecule has 1 fully saturated rings. The van der Waals surface area contributed by atoms with E-state index in [1.165, 1.54) is 0 Å². The average Bonchev–Trinajstić information content (AvgIpc) is 3.11.